The molecule has 1 fully saturated rings. The lowest BCUT2D eigenvalue weighted by molar-refractivity contribution is -0.143. The van der Waals surface area contributed by atoms with E-state index in [-0.39, 0.29) is 17.6 Å². The highest BCUT2D eigenvalue weighted by atomic mass is 32.1. The van der Waals surface area contributed by atoms with Crippen LogP contribution in [0.25, 0.3) is 0 Å². The Kier molecular flexibility index (Phi) is 4.71. The summed E-state index contributed by atoms with van der Waals surface area (Å²) in [6.45, 7) is 0.915. The van der Waals surface area contributed by atoms with Crippen LogP contribution in [0.1, 0.15) is 22.9 Å². The van der Waals surface area contributed by atoms with Gasteiger partial charge < -0.3 is 10.2 Å². The van der Waals surface area contributed by atoms with Crippen LogP contribution in [0, 0.1) is 5.82 Å². The first-order valence-electron chi connectivity index (χ1n) is 7.50. The van der Waals surface area contributed by atoms with Gasteiger partial charge in [-0.25, -0.2) is 4.39 Å². The average molecular weight is 332 g/mol. The van der Waals surface area contributed by atoms with E-state index in [0.717, 1.165) is 4.88 Å². The number of rotatable bonds is 4. The minimum Gasteiger partial charge on any atom is -0.352 e. The summed E-state index contributed by atoms with van der Waals surface area (Å²) in [6, 6.07) is 9.02. The molecular formula is C17H17FN2O2S. The summed E-state index contributed by atoms with van der Waals surface area (Å²) in [5.74, 6) is -0.629. The van der Waals surface area contributed by atoms with Crippen LogP contribution in [0.2, 0.25) is 0 Å². The van der Waals surface area contributed by atoms with Crippen molar-refractivity contribution in [3.05, 3.63) is 58.0 Å². The van der Waals surface area contributed by atoms with Crippen LogP contribution in [0.15, 0.2) is 41.8 Å². The molecule has 3 rings (SSSR count). The van der Waals surface area contributed by atoms with Crippen molar-refractivity contribution in [2.24, 2.45) is 0 Å². The third kappa shape index (κ3) is 3.59. The van der Waals surface area contributed by atoms with Crippen molar-refractivity contribution in [1.82, 2.24) is 10.2 Å². The monoisotopic (exact) mass is 332 g/mol. The molecule has 1 aliphatic rings. The Balaban J connectivity index is 1.75. The number of carbonyl (C=O) groups is 2. The fraction of sp³-hybridized carbons (Fsp3) is 0.294. The van der Waals surface area contributed by atoms with E-state index in [0.29, 0.717) is 31.5 Å². The predicted octanol–water partition coefficient (Wildman–Crippen LogP) is 2.52. The van der Waals surface area contributed by atoms with Gasteiger partial charge in [0, 0.05) is 24.4 Å². The molecule has 1 saturated heterocycles. The van der Waals surface area contributed by atoms with Gasteiger partial charge in [-0.2, -0.15) is 0 Å². The summed E-state index contributed by atoms with van der Waals surface area (Å²) in [6.07, 6.45) is 1.04. The van der Waals surface area contributed by atoms with E-state index in [4.69, 9.17) is 0 Å². The largest absolute Gasteiger partial charge is 0.352 e. The van der Waals surface area contributed by atoms with E-state index < -0.39 is 6.04 Å². The van der Waals surface area contributed by atoms with Crippen molar-refractivity contribution >= 4 is 23.2 Å². The molecule has 1 aromatic carbocycles. The number of benzene rings is 1. The van der Waals surface area contributed by atoms with Gasteiger partial charge >= 0.3 is 0 Å². The number of halogens is 1. The van der Waals surface area contributed by atoms with Crippen molar-refractivity contribution in [1.29, 1.82) is 0 Å². The van der Waals surface area contributed by atoms with Crippen molar-refractivity contribution < 1.29 is 14.0 Å². The van der Waals surface area contributed by atoms with Gasteiger partial charge in [-0.1, -0.05) is 18.2 Å². The zero-order chi connectivity index (χ0) is 16.2. The molecule has 1 atom stereocenters. The molecule has 1 N–H and O–H groups in total. The second-order valence-corrected chi connectivity index (χ2v) is 6.44. The van der Waals surface area contributed by atoms with Gasteiger partial charge in [-0.3, -0.25) is 9.59 Å². The van der Waals surface area contributed by atoms with Gasteiger partial charge in [0.2, 0.25) is 11.8 Å². The average Bonchev–Trinajstić information content (AvgIpc) is 3.07. The summed E-state index contributed by atoms with van der Waals surface area (Å²) in [4.78, 5) is 27.5. The van der Waals surface area contributed by atoms with Crippen molar-refractivity contribution in [3.8, 4) is 0 Å². The molecule has 4 nitrogen and oxygen atoms in total. The molecular weight excluding hydrogens is 315 g/mol. The van der Waals surface area contributed by atoms with Crippen LogP contribution < -0.4 is 5.32 Å². The molecule has 0 saturated carbocycles. The van der Waals surface area contributed by atoms with E-state index in [1.165, 1.54) is 12.1 Å². The number of nitrogens with zero attached hydrogens (tertiary/aromatic N) is 1. The van der Waals surface area contributed by atoms with Crippen LogP contribution in [-0.2, 0) is 16.0 Å². The maximum atomic E-state index is 13.1. The zero-order valence-electron chi connectivity index (χ0n) is 12.5. The molecule has 120 valence electrons. The van der Waals surface area contributed by atoms with Crippen LogP contribution in [0.3, 0.4) is 0 Å². The summed E-state index contributed by atoms with van der Waals surface area (Å²) in [7, 11) is 0. The van der Waals surface area contributed by atoms with Crippen LogP contribution in [-0.4, -0.2) is 29.8 Å². The number of hydrogen-bond acceptors (Lipinski definition) is 3. The second kappa shape index (κ2) is 6.91. The zero-order valence-corrected chi connectivity index (χ0v) is 13.3. The maximum Gasteiger partial charge on any atom is 0.247 e. The van der Waals surface area contributed by atoms with E-state index in [1.807, 2.05) is 17.5 Å². The highest BCUT2D eigenvalue weighted by Crippen LogP contribution is 2.25. The number of nitrogens with one attached hydrogen (secondary N) is 1. The number of piperazine rings is 1. The highest BCUT2D eigenvalue weighted by Gasteiger charge is 2.33. The van der Waals surface area contributed by atoms with E-state index in [1.54, 1.807) is 28.4 Å². The number of amides is 2. The number of hydrogen-bond donors (Lipinski definition) is 1. The standard InChI is InChI=1S/C17H17FN2O2S/c18-13-5-3-12(4-6-13)16-17(22)19-9-10-20(16)15(21)8-7-14-2-1-11-23-14/h1-6,11,16H,7-10H2,(H,19,22). The topological polar surface area (TPSA) is 49.4 Å². The highest BCUT2D eigenvalue weighted by molar-refractivity contribution is 7.09. The van der Waals surface area contributed by atoms with Crippen LogP contribution in [0.5, 0.6) is 0 Å². The van der Waals surface area contributed by atoms with Gasteiger partial charge in [0.05, 0.1) is 0 Å². The maximum absolute atomic E-state index is 13.1. The van der Waals surface area contributed by atoms with Gasteiger partial charge in [-0.15, -0.1) is 11.3 Å². The van der Waals surface area contributed by atoms with Crippen molar-refractivity contribution in [3.63, 3.8) is 0 Å². The molecule has 0 radical (unpaired) electrons. The molecule has 0 spiro atoms. The van der Waals surface area contributed by atoms with Gasteiger partial charge in [0.25, 0.3) is 0 Å². The fourth-order valence-electron chi connectivity index (χ4n) is 2.74. The molecule has 1 unspecified atom stereocenters. The number of thiophene rings is 1. The minimum absolute atomic E-state index is 0.0532. The lowest BCUT2D eigenvalue weighted by Gasteiger charge is -2.35. The predicted molar refractivity (Wildman–Crippen MR) is 86.5 cm³/mol. The molecule has 6 heteroatoms. The SMILES string of the molecule is O=C1NCCN(C(=O)CCc2cccs2)C1c1ccc(F)cc1. The quantitative estimate of drug-likeness (QED) is 0.935. The Bertz CT molecular complexity index is 685. The second-order valence-electron chi connectivity index (χ2n) is 5.41. The smallest absolute Gasteiger partial charge is 0.247 e. The van der Waals surface area contributed by atoms with Gasteiger partial charge in [-0.05, 0) is 35.6 Å². The summed E-state index contributed by atoms with van der Waals surface area (Å²) in [5.41, 5.74) is 0.632. The first kappa shape index (κ1) is 15.7. The lowest BCUT2D eigenvalue weighted by atomic mass is 10.0. The Morgan fingerprint density at radius 2 is 2.09 bits per heavy atom. The Hall–Kier alpha value is -2.21. The number of carbonyl (C=O) groups excluding carboxylic acids is 2. The third-order valence-electron chi connectivity index (χ3n) is 3.88. The first-order valence-corrected chi connectivity index (χ1v) is 8.38. The Labute approximate surface area is 137 Å². The molecule has 1 aromatic heterocycles. The van der Waals surface area contributed by atoms with Gasteiger partial charge in [0.15, 0.2) is 0 Å². The normalized spacial score (nSPS) is 17.9. The van der Waals surface area contributed by atoms with E-state index in [2.05, 4.69) is 5.32 Å². The lowest BCUT2D eigenvalue weighted by Crippen LogP contribution is -2.52. The number of aryl methyl sites for hydroxylation is 1. The molecule has 0 aliphatic carbocycles. The van der Waals surface area contributed by atoms with Crippen LogP contribution >= 0.6 is 11.3 Å². The molecule has 2 heterocycles. The Morgan fingerprint density at radius 1 is 1.30 bits per heavy atom. The molecule has 2 aromatic rings. The van der Waals surface area contributed by atoms with E-state index in [9.17, 15) is 14.0 Å². The Morgan fingerprint density at radius 3 is 2.78 bits per heavy atom. The molecule has 23 heavy (non-hydrogen) atoms. The molecule has 1 aliphatic heterocycles. The molecule has 0 bridgehead atoms. The molecule has 2 amide bonds. The van der Waals surface area contributed by atoms with Crippen LogP contribution in [0.4, 0.5) is 4.39 Å². The van der Waals surface area contributed by atoms with Crippen molar-refractivity contribution in [2.45, 2.75) is 18.9 Å². The van der Waals surface area contributed by atoms with Gasteiger partial charge in [0.1, 0.15) is 11.9 Å². The summed E-state index contributed by atoms with van der Waals surface area (Å²) in [5, 5.41) is 4.76. The fourth-order valence-corrected chi connectivity index (χ4v) is 3.45. The van der Waals surface area contributed by atoms with E-state index >= 15 is 0 Å². The summed E-state index contributed by atoms with van der Waals surface area (Å²) < 4.78 is 13.1. The first-order chi connectivity index (χ1) is 11.1. The third-order valence-corrected chi connectivity index (χ3v) is 4.82. The van der Waals surface area contributed by atoms with Crippen molar-refractivity contribution in [2.75, 3.05) is 13.1 Å². The minimum atomic E-state index is -0.680. The summed E-state index contributed by atoms with van der Waals surface area (Å²) >= 11 is 1.62.